The van der Waals surface area contributed by atoms with Gasteiger partial charge in [0.1, 0.15) is 0 Å². The minimum absolute atomic E-state index is 0.0137. The zero-order valence-electron chi connectivity index (χ0n) is 9.37. The third-order valence-electron chi connectivity index (χ3n) is 2.36. The van der Waals surface area contributed by atoms with Crippen LogP contribution < -0.4 is 5.43 Å². The molecule has 0 atom stereocenters. The molecule has 0 fully saturated rings. The van der Waals surface area contributed by atoms with Gasteiger partial charge in [-0.05, 0) is 25.1 Å². The Bertz CT molecular complexity index is 724. The van der Waals surface area contributed by atoms with E-state index in [1.54, 1.807) is 12.1 Å². The van der Waals surface area contributed by atoms with Crippen molar-refractivity contribution in [1.29, 1.82) is 5.26 Å². The molecule has 17 heavy (non-hydrogen) atoms. The number of rotatable bonds is 0. The zero-order valence-corrected chi connectivity index (χ0v) is 9.37. The molecule has 0 aliphatic heterocycles. The summed E-state index contributed by atoms with van der Waals surface area (Å²) >= 11 is 0. The maximum Gasteiger partial charge on any atom is 0.189 e. The van der Waals surface area contributed by atoms with Crippen LogP contribution >= 0.6 is 0 Å². The minimum atomic E-state index is -0.0137. The van der Waals surface area contributed by atoms with Crippen LogP contribution in [0.2, 0.25) is 0 Å². The van der Waals surface area contributed by atoms with Crippen LogP contribution in [0.5, 0.6) is 0 Å². The molecule has 0 aliphatic carbocycles. The smallest absolute Gasteiger partial charge is 0.189 e. The van der Waals surface area contributed by atoms with Gasteiger partial charge in [-0.3, -0.25) is 4.79 Å². The molecule has 1 N–H and O–H groups in total. The summed E-state index contributed by atoms with van der Waals surface area (Å²) in [6.45, 7) is 1.85. The highest BCUT2D eigenvalue weighted by atomic mass is 16.1. The molecule has 1 aromatic carbocycles. The third-order valence-corrected chi connectivity index (χ3v) is 2.36. The molecule has 0 amide bonds. The largest absolute Gasteiger partial charge is 0.358 e. The van der Waals surface area contributed by atoms with E-state index in [-0.39, 0.29) is 11.8 Å². The lowest BCUT2D eigenvalue weighted by Crippen LogP contribution is -2.02. The molecule has 0 saturated carbocycles. The van der Waals surface area contributed by atoms with Gasteiger partial charge >= 0.3 is 0 Å². The van der Waals surface area contributed by atoms with Crippen LogP contribution in [0.25, 0.3) is 10.9 Å². The summed E-state index contributed by atoms with van der Waals surface area (Å²) in [6.07, 6.45) is 0.197. The topological polar surface area (TPSA) is 56.6 Å². The Labute approximate surface area is 98.7 Å². The number of H-pyrrole nitrogens is 1. The first-order chi connectivity index (χ1) is 8.20. The fourth-order valence-electron chi connectivity index (χ4n) is 1.64. The summed E-state index contributed by atoms with van der Waals surface area (Å²) in [6, 6.07) is 8.93. The van der Waals surface area contributed by atoms with Crippen molar-refractivity contribution in [2.24, 2.45) is 0 Å². The maximum absolute atomic E-state index is 11.8. The van der Waals surface area contributed by atoms with Crippen molar-refractivity contribution in [1.82, 2.24) is 4.98 Å². The van der Waals surface area contributed by atoms with Crippen molar-refractivity contribution in [3.8, 4) is 17.9 Å². The third kappa shape index (κ3) is 2.35. The van der Waals surface area contributed by atoms with Crippen molar-refractivity contribution in [3.05, 3.63) is 45.7 Å². The highest BCUT2D eigenvalue weighted by Crippen LogP contribution is 2.10. The molecule has 0 aliphatic rings. The first-order valence-electron chi connectivity index (χ1n) is 5.20. The van der Waals surface area contributed by atoms with Crippen LogP contribution in [0.3, 0.4) is 0 Å². The number of hydrogen-bond acceptors (Lipinski definition) is 2. The minimum Gasteiger partial charge on any atom is -0.358 e. The summed E-state index contributed by atoms with van der Waals surface area (Å²) in [7, 11) is 0. The quantitative estimate of drug-likeness (QED) is 0.694. The average molecular weight is 222 g/mol. The molecule has 2 aromatic rings. The number of nitrogens with zero attached hydrogens (tertiary/aromatic N) is 1. The van der Waals surface area contributed by atoms with Gasteiger partial charge in [0.2, 0.25) is 0 Å². The van der Waals surface area contributed by atoms with Crippen LogP contribution in [-0.2, 0) is 0 Å². The molecule has 0 spiro atoms. The monoisotopic (exact) mass is 222 g/mol. The summed E-state index contributed by atoms with van der Waals surface area (Å²) in [5, 5.41) is 9.01. The van der Waals surface area contributed by atoms with Crippen LogP contribution in [0.1, 0.15) is 17.7 Å². The standard InChI is InChI=1S/C14H10N2O/c1-10-8-14(17)12-9-11(4-2-3-7-15)5-6-13(12)16-10/h5-6,8-9H,3H2,1H3,(H,16,17). The first-order valence-corrected chi connectivity index (χ1v) is 5.20. The molecule has 2 rings (SSSR count). The Morgan fingerprint density at radius 1 is 1.35 bits per heavy atom. The number of aromatic amines is 1. The highest BCUT2D eigenvalue weighted by molar-refractivity contribution is 5.80. The predicted octanol–water partition coefficient (Wildman–Crippen LogP) is 2.10. The molecule has 3 heteroatoms. The number of aryl methyl sites for hydroxylation is 1. The van der Waals surface area contributed by atoms with E-state index in [0.717, 1.165) is 16.8 Å². The molecular weight excluding hydrogens is 212 g/mol. The Balaban J connectivity index is 2.56. The molecule has 0 radical (unpaired) electrons. The van der Waals surface area contributed by atoms with E-state index in [9.17, 15) is 4.79 Å². The Hall–Kier alpha value is -2.52. The SMILES string of the molecule is Cc1cc(=O)c2cc(C#CCC#N)ccc2[nH]1. The Morgan fingerprint density at radius 3 is 2.94 bits per heavy atom. The van der Waals surface area contributed by atoms with Crippen molar-refractivity contribution in [3.63, 3.8) is 0 Å². The van der Waals surface area contributed by atoms with Gasteiger partial charge in [0.25, 0.3) is 0 Å². The van der Waals surface area contributed by atoms with Gasteiger partial charge in [-0.15, -0.1) is 0 Å². The lowest BCUT2D eigenvalue weighted by atomic mass is 10.1. The second-order valence-electron chi connectivity index (χ2n) is 3.71. The lowest BCUT2D eigenvalue weighted by Gasteiger charge is -2.00. The number of hydrogen-bond donors (Lipinski definition) is 1. The molecule has 1 heterocycles. The number of nitrogens with one attached hydrogen (secondary N) is 1. The molecule has 0 saturated heterocycles. The van der Waals surface area contributed by atoms with Gasteiger partial charge in [0.15, 0.2) is 5.43 Å². The summed E-state index contributed by atoms with van der Waals surface area (Å²) in [5.74, 6) is 5.58. The number of pyridine rings is 1. The summed E-state index contributed by atoms with van der Waals surface area (Å²) in [4.78, 5) is 14.9. The lowest BCUT2D eigenvalue weighted by molar-refractivity contribution is 1.24. The molecule has 3 nitrogen and oxygen atoms in total. The molecule has 0 bridgehead atoms. The van der Waals surface area contributed by atoms with Gasteiger partial charge in [-0.25, -0.2) is 0 Å². The number of fused-ring (bicyclic) bond motifs is 1. The van der Waals surface area contributed by atoms with E-state index in [0.29, 0.717) is 5.39 Å². The van der Waals surface area contributed by atoms with E-state index in [2.05, 4.69) is 16.8 Å². The van der Waals surface area contributed by atoms with Gasteiger partial charge in [0, 0.05) is 28.2 Å². The molecule has 0 unspecified atom stereocenters. The summed E-state index contributed by atoms with van der Waals surface area (Å²) in [5.41, 5.74) is 2.38. The average Bonchev–Trinajstić information content (AvgIpc) is 2.30. The molecular formula is C14H10N2O. The van der Waals surface area contributed by atoms with Crippen LogP contribution in [0, 0.1) is 30.1 Å². The summed E-state index contributed by atoms with van der Waals surface area (Å²) < 4.78 is 0. The maximum atomic E-state index is 11.8. The first kappa shape index (κ1) is 11.0. The second-order valence-corrected chi connectivity index (χ2v) is 3.71. The van der Waals surface area contributed by atoms with Gasteiger partial charge < -0.3 is 4.98 Å². The van der Waals surface area contributed by atoms with Gasteiger partial charge in [-0.2, -0.15) is 5.26 Å². The van der Waals surface area contributed by atoms with E-state index in [1.807, 2.05) is 25.1 Å². The molecule has 1 aromatic heterocycles. The number of nitriles is 1. The van der Waals surface area contributed by atoms with Crippen molar-refractivity contribution < 1.29 is 0 Å². The van der Waals surface area contributed by atoms with Gasteiger partial charge in [0.05, 0.1) is 12.5 Å². The van der Waals surface area contributed by atoms with E-state index in [4.69, 9.17) is 5.26 Å². The zero-order chi connectivity index (χ0) is 12.3. The van der Waals surface area contributed by atoms with E-state index in [1.165, 1.54) is 0 Å². The second kappa shape index (κ2) is 4.55. The predicted molar refractivity (Wildman–Crippen MR) is 66.4 cm³/mol. The van der Waals surface area contributed by atoms with Crippen LogP contribution in [-0.4, -0.2) is 4.98 Å². The van der Waals surface area contributed by atoms with Crippen molar-refractivity contribution in [2.45, 2.75) is 13.3 Å². The van der Waals surface area contributed by atoms with Crippen LogP contribution in [0.15, 0.2) is 29.1 Å². The number of aromatic nitrogens is 1. The number of benzene rings is 1. The van der Waals surface area contributed by atoms with E-state index >= 15 is 0 Å². The Kier molecular flexibility index (Phi) is 2.94. The Morgan fingerprint density at radius 2 is 2.18 bits per heavy atom. The molecule has 82 valence electrons. The van der Waals surface area contributed by atoms with Crippen molar-refractivity contribution >= 4 is 10.9 Å². The highest BCUT2D eigenvalue weighted by Gasteiger charge is 2.00. The van der Waals surface area contributed by atoms with Gasteiger partial charge in [-0.1, -0.05) is 11.8 Å². The normalized spacial score (nSPS) is 9.41. The fourth-order valence-corrected chi connectivity index (χ4v) is 1.64. The van der Waals surface area contributed by atoms with Crippen molar-refractivity contribution in [2.75, 3.05) is 0 Å². The van der Waals surface area contributed by atoms with Crippen LogP contribution in [0.4, 0.5) is 0 Å². The fraction of sp³-hybridized carbons (Fsp3) is 0.143. The van der Waals surface area contributed by atoms with E-state index < -0.39 is 0 Å².